The second kappa shape index (κ2) is 12.5. The lowest BCUT2D eigenvalue weighted by molar-refractivity contribution is -0.139. The van der Waals surface area contributed by atoms with Gasteiger partial charge in [-0.15, -0.1) is 0 Å². The van der Waals surface area contributed by atoms with Crippen LogP contribution in [0.1, 0.15) is 81.2 Å². The molecule has 0 N–H and O–H groups in total. The summed E-state index contributed by atoms with van der Waals surface area (Å²) in [7, 11) is 0. The van der Waals surface area contributed by atoms with Crippen molar-refractivity contribution in [2.24, 2.45) is 0 Å². The Morgan fingerprint density at radius 3 is 2.29 bits per heavy atom. The van der Waals surface area contributed by atoms with Gasteiger partial charge in [0.25, 0.3) is 11.8 Å². The Hall–Kier alpha value is -4.48. The summed E-state index contributed by atoms with van der Waals surface area (Å²) >= 11 is 0. The van der Waals surface area contributed by atoms with Crippen molar-refractivity contribution in [3.05, 3.63) is 82.6 Å². The summed E-state index contributed by atoms with van der Waals surface area (Å²) in [6, 6.07) is 6.17. The predicted molar refractivity (Wildman–Crippen MR) is 161 cm³/mol. The Kier molecular flexibility index (Phi) is 8.48. The first-order valence-corrected chi connectivity index (χ1v) is 15.3. The molecule has 2 amide bonds. The molecule has 45 heavy (non-hydrogen) atoms. The molecule has 0 aliphatic carbocycles. The largest absolute Gasteiger partial charge is 0.471 e. The number of aromatic nitrogens is 4. The van der Waals surface area contributed by atoms with Crippen molar-refractivity contribution in [1.29, 1.82) is 0 Å². The number of fused-ring (bicyclic) bond motifs is 1. The molecule has 0 saturated carbocycles. The molecule has 3 aromatic heterocycles. The zero-order valence-electron chi connectivity index (χ0n) is 25.3. The van der Waals surface area contributed by atoms with Crippen LogP contribution in [0.25, 0.3) is 10.8 Å². The average molecular weight is 621 g/mol. The molecule has 0 spiro atoms. The maximum atomic E-state index is 13.8. The number of piperidine rings is 2. The van der Waals surface area contributed by atoms with E-state index >= 15 is 0 Å². The molecule has 6 rings (SSSR count). The molecule has 12 heteroatoms. The molecule has 2 saturated heterocycles. The van der Waals surface area contributed by atoms with Crippen molar-refractivity contribution >= 4 is 22.6 Å². The van der Waals surface area contributed by atoms with E-state index in [0.717, 1.165) is 43.7 Å². The fourth-order valence-corrected chi connectivity index (χ4v) is 6.13. The quantitative estimate of drug-likeness (QED) is 0.257. The van der Waals surface area contributed by atoms with Crippen LogP contribution in [0, 0.1) is 13.8 Å². The van der Waals surface area contributed by atoms with Crippen LogP contribution in [0.4, 0.5) is 13.2 Å². The Bertz CT molecular complexity index is 1720. The molecule has 9 nitrogen and oxygen atoms in total. The lowest BCUT2D eigenvalue weighted by Gasteiger charge is -2.32. The molecule has 2 aliphatic heterocycles. The first kappa shape index (κ1) is 30.5. The van der Waals surface area contributed by atoms with Crippen molar-refractivity contribution in [2.45, 2.75) is 64.8 Å². The number of amides is 2. The first-order chi connectivity index (χ1) is 21.6. The number of carbonyl (C=O) groups is 2. The highest BCUT2D eigenvalue weighted by Crippen LogP contribution is 2.33. The van der Waals surface area contributed by atoms with Crippen LogP contribution in [0.2, 0.25) is 0 Å². The molecular formula is C33H35F3N6O3. The van der Waals surface area contributed by atoms with Crippen LogP contribution >= 0.6 is 0 Å². The van der Waals surface area contributed by atoms with Gasteiger partial charge in [-0.05, 0) is 75.3 Å². The van der Waals surface area contributed by atoms with E-state index in [1.54, 1.807) is 34.9 Å². The molecule has 2 fully saturated rings. The van der Waals surface area contributed by atoms with Gasteiger partial charge in [-0.1, -0.05) is 0 Å². The van der Waals surface area contributed by atoms with Crippen LogP contribution in [0.15, 0.2) is 49.1 Å². The molecule has 236 valence electrons. The number of pyridine rings is 2. The minimum absolute atomic E-state index is 0.0562. The van der Waals surface area contributed by atoms with Gasteiger partial charge >= 0.3 is 6.18 Å². The second-order valence-corrected chi connectivity index (χ2v) is 11.9. The Balaban J connectivity index is 1.28. The van der Waals surface area contributed by atoms with Gasteiger partial charge in [0.2, 0.25) is 5.88 Å². The summed E-state index contributed by atoms with van der Waals surface area (Å²) in [5.74, 6) is -0.301. The Morgan fingerprint density at radius 1 is 0.867 bits per heavy atom. The summed E-state index contributed by atoms with van der Waals surface area (Å²) in [5, 5.41) is 5.52. The molecule has 0 unspecified atom stereocenters. The van der Waals surface area contributed by atoms with Crippen LogP contribution in [0.3, 0.4) is 0 Å². The minimum atomic E-state index is -4.58. The van der Waals surface area contributed by atoms with E-state index in [-0.39, 0.29) is 29.4 Å². The van der Waals surface area contributed by atoms with Gasteiger partial charge in [0.15, 0.2) is 0 Å². The van der Waals surface area contributed by atoms with Crippen LogP contribution in [-0.2, 0) is 12.8 Å². The number of nitrogens with zero attached hydrogens (tertiary/aromatic N) is 6. The average Bonchev–Trinajstić information content (AvgIpc) is 3.49. The van der Waals surface area contributed by atoms with Gasteiger partial charge in [0.1, 0.15) is 6.61 Å². The maximum Gasteiger partial charge on any atom is 0.418 e. The fraction of sp³-hybridized carbons (Fsp3) is 0.424. The third kappa shape index (κ3) is 6.64. The molecule has 1 aromatic carbocycles. The number of halogens is 3. The van der Waals surface area contributed by atoms with Gasteiger partial charge in [-0.2, -0.15) is 18.3 Å². The second-order valence-electron chi connectivity index (χ2n) is 11.9. The predicted octanol–water partition coefficient (Wildman–Crippen LogP) is 6.14. The van der Waals surface area contributed by atoms with Crippen molar-refractivity contribution in [1.82, 2.24) is 29.5 Å². The highest BCUT2D eigenvalue weighted by atomic mass is 19.4. The topological polar surface area (TPSA) is 93.5 Å². The molecule has 0 atom stereocenters. The molecule has 4 aromatic rings. The van der Waals surface area contributed by atoms with E-state index in [0.29, 0.717) is 53.6 Å². The third-order valence-corrected chi connectivity index (χ3v) is 8.56. The molecular weight excluding hydrogens is 585 g/mol. The van der Waals surface area contributed by atoms with E-state index in [2.05, 4.69) is 15.1 Å². The number of aryl methyl sites for hydroxylation is 2. The van der Waals surface area contributed by atoms with E-state index in [9.17, 15) is 22.8 Å². The number of rotatable bonds is 6. The normalized spacial score (nSPS) is 16.3. The lowest BCUT2D eigenvalue weighted by Crippen LogP contribution is -2.39. The van der Waals surface area contributed by atoms with Gasteiger partial charge < -0.3 is 14.5 Å². The molecule has 0 radical (unpaired) electrons. The lowest BCUT2D eigenvalue weighted by atomic mass is 9.98. The number of benzene rings is 1. The first-order valence-electron chi connectivity index (χ1n) is 15.3. The Labute approximate surface area is 259 Å². The number of hydrogen-bond acceptors (Lipinski definition) is 6. The smallest absolute Gasteiger partial charge is 0.418 e. The van der Waals surface area contributed by atoms with E-state index in [4.69, 9.17) is 4.74 Å². The monoisotopic (exact) mass is 620 g/mol. The summed E-state index contributed by atoms with van der Waals surface area (Å²) in [6.07, 6.45) is 6.50. The van der Waals surface area contributed by atoms with Gasteiger partial charge in [0, 0.05) is 72.7 Å². The summed E-state index contributed by atoms with van der Waals surface area (Å²) in [5.41, 5.74) is 1.10. The molecule has 0 bridgehead atoms. The van der Waals surface area contributed by atoms with Crippen molar-refractivity contribution < 1.29 is 27.5 Å². The number of carbonyl (C=O) groups excluding carboxylic acids is 2. The Morgan fingerprint density at radius 2 is 1.60 bits per heavy atom. The number of ether oxygens (including phenoxy) is 1. The standard InChI is InChI=1S/C33H35F3N6O3/c1-21-12-28(33(34,35)36)29(37-16-21)20-45-30-15-26-24(18-38-30)13-23(14-27(26)32(44)40-8-4-3-5-9-40)31(43)41-10-6-25(7-11-41)42-19-22(2)17-39-42/h12-19,25H,3-11,20H2,1-2H3. The fourth-order valence-electron chi connectivity index (χ4n) is 6.13. The van der Waals surface area contributed by atoms with Crippen LogP contribution in [0.5, 0.6) is 5.88 Å². The summed E-state index contributed by atoms with van der Waals surface area (Å²) in [6.45, 7) is 5.45. The van der Waals surface area contributed by atoms with Crippen LogP contribution < -0.4 is 4.74 Å². The van der Waals surface area contributed by atoms with E-state index in [1.165, 1.54) is 12.4 Å². The minimum Gasteiger partial charge on any atom is -0.471 e. The van der Waals surface area contributed by atoms with Gasteiger partial charge in [-0.3, -0.25) is 19.3 Å². The summed E-state index contributed by atoms with van der Waals surface area (Å²) in [4.78, 5) is 39.4. The SMILES string of the molecule is Cc1cnc(COc2cc3c(C(=O)N4CCCCC4)cc(C(=O)N4CCC(n5cc(C)cn5)CC4)cc3cn2)c(C(F)(F)F)c1. The summed E-state index contributed by atoms with van der Waals surface area (Å²) < 4.78 is 48.5. The zero-order chi connectivity index (χ0) is 31.7. The van der Waals surface area contributed by atoms with Gasteiger partial charge in [-0.25, -0.2) is 4.98 Å². The van der Waals surface area contributed by atoms with Crippen molar-refractivity contribution in [3.63, 3.8) is 0 Å². The number of alkyl halides is 3. The van der Waals surface area contributed by atoms with E-state index in [1.807, 2.05) is 24.0 Å². The molecule has 5 heterocycles. The maximum absolute atomic E-state index is 13.8. The van der Waals surface area contributed by atoms with Crippen molar-refractivity contribution in [3.8, 4) is 5.88 Å². The van der Waals surface area contributed by atoms with Crippen LogP contribution in [-0.4, -0.2) is 67.5 Å². The van der Waals surface area contributed by atoms with E-state index < -0.39 is 18.3 Å². The third-order valence-electron chi connectivity index (χ3n) is 8.56. The number of hydrogen-bond donors (Lipinski definition) is 0. The zero-order valence-corrected chi connectivity index (χ0v) is 25.3. The molecule has 2 aliphatic rings. The van der Waals surface area contributed by atoms with Crippen molar-refractivity contribution in [2.75, 3.05) is 26.2 Å². The highest BCUT2D eigenvalue weighted by molar-refractivity contribution is 6.10. The van der Waals surface area contributed by atoms with Gasteiger partial charge in [0.05, 0.1) is 23.5 Å². The highest BCUT2D eigenvalue weighted by Gasteiger charge is 2.34. The number of likely N-dealkylation sites (tertiary alicyclic amines) is 2.